The molecule has 1 unspecified atom stereocenters. The van der Waals surface area contributed by atoms with E-state index in [-0.39, 0.29) is 5.82 Å². The van der Waals surface area contributed by atoms with E-state index >= 15 is 0 Å². The molecule has 10 heteroatoms. The van der Waals surface area contributed by atoms with Crippen LogP contribution in [0.1, 0.15) is 24.0 Å². The minimum Gasteiger partial charge on any atom is -0.624 e. The van der Waals surface area contributed by atoms with E-state index in [9.17, 15) is 4.39 Å². The van der Waals surface area contributed by atoms with Gasteiger partial charge in [0.15, 0.2) is 0 Å². The highest BCUT2D eigenvalue weighted by Crippen LogP contribution is 2.52. The maximum atomic E-state index is 14.9. The lowest BCUT2D eigenvalue weighted by Gasteiger charge is -2.48. The third kappa shape index (κ3) is 3.71. The van der Waals surface area contributed by atoms with Crippen LogP contribution in [0, 0.1) is 5.82 Å². The van der Waals surface area contributed by atoms with Gasteiger partial charge in [-0.15, -0.1) is 0 Å². The van der Waals surface area contributed by atoms with Crippen LogP contribution < -0.4 is 23.7 Å². The van der Waals surface area contributed by atoms with Gasteiger partial charge >= 0.3 is 6.82 Å². The standard InChI is InChI=1S/C38H30BFN4O4/c1-45-27-11-5-23(6-12-27)31-21-33-29-15-9-25(40)19-35(29)47-39-43(33)37(31)41-38-32(24-7-13-28(46-2)14-8-24)22-34(44(38)39)30-16-10-26(20-36(30)48-39)42-17-3-4-18-42/h5-16,19-22H,3-4,17-18H2,1-2H3. The molecule has 5 aliphatic rings. The molecule has 1 saturated heterocycles. The van der Waals surface area contributed by atoms with Crippen molar-refractivity contribution in [2.24, 2.45) is 4.99 Å². The number of rotatable bonds is 5. The van der Waals surface area contributed by atoms with Gasteiger partial charge in [-0.1, -0.05) is 24.3 Å². The van der Waals surface area contributed by atoms with Crippen molar-refractivity contribution in [2.45, 2.75) is 12.8 Å². The molecule has 0 aliphatic carbocycles. The number of anilines is 1. The smallest absolute Gasteiger partial charge is 0.624 e. The van der Waals surface area contributed by atoms with E-state index in [1.54, 1.807) is 20.3 Å². The molecule has 0 bridgehead atoms. The molecule has 1 fully saturated rings. The summed E-state index contributed by atoms with van der Waals surface area (Å²) in [6.45, 7) is -0.511. The molecule has 48 heavy (non-hydrogen) atoms. The monoisotopic (exact) mass is 636 g/mol. The van der Waals surface area contributed by atoms with Gasteiger partial charge in [0.05, 0.1) is 42.6 Å². The van der Waals surface area contributed by atoms with E-state index in [0.29, 0.717) is 17.4 Å². The molecular weight excluding hydrogens is 606 g/mol. The number of benzene rings is 4. The Balaban J connectivity index is 1.27. The molecular formula is C38H30BFN4O4. The number of hydrogen-bond acceptors (Lipinski definition) is 6. The molecule has 1 aromatic heterocycles. The summed E-state index contributed by atoms with van der Waals surface area (Å²) in [6, 6.07) is 29.2. The first-order valence-electron chi connectivity index (χ1n) is 16.3. The summed E-state index contributed by atoms with van der Waals surface area (Å²) in [5.74, 6) is 3.70. The fourth-order valence-corrected chi connectivity index (χ4v) is 7.88. The molecule has 0 saturated carbocycles. The van der Waals surface area contributed by atoms with Crippen molar-refractivity contribution in [3.63, 3.8) is 0 Å². The van der Waals surface area contributed by atoms with E-state index < -0.39 is 6.82 Å². The largest absolute Gasteiger partial charge is 0.687 e. The van der Waals surface area contributed by atoms with Crippen LogP contribution in [0.25, 0.3) is 28.0 Å². The van der Waals surface area contributed by atoms with Crippen molar-refractivity contribution in [1.82, 2.24) is 4.48 Å². The number of nitrogens with zero attached hydrogens (tertiary/aromatic N) is 4. The first-order valence-corrected chi connectivity index (χ1v) is 16.3. The van der Waals surface area contributed by atoms with Crippen LogP contribution in [-0.2, 0) is 0 Å². The zero-order valence-electron chi connectivity index (χ0n) is 26.4. The molecule has 4 aromatic carbocycles. The second-order valence-corrected chi connectivity index (χ2v) is 12.7. The van der Waals surface area contributed by atoms with Gasteiger partial charge in [-0.3, -0.25) is 0 Å². The molecule has 0 amide bonds. The summed E-state index contributed by atoms with van der Waals surface area (Å²) in [6.07, 6.45) is 4.45. The third-order valence-corrected chi connectivity index (χ3v) is 10.2. The molecule has 0 radical (unpaired) electrons. The average molecular weight is 636 g/mol. The van der Waals surface area contributed by atoms with Gasteiger partial charge in [0.2, 0.25) is 5.82 Å². The van der Waals surface area contributed by atoms with Crippen LogP contribution in [0.2, 0.25) is 0 Å². The molecule has 6 heterocycles. The van der Waals surface area contributed by atoms with Crippen LogP contribution >= 0.6 is 0 Å². The number of fused-ring (bicyclic) bond motifs is 4. The molecule has 10 rings (SSSR count). The highest BCUT2D eigenvalue weighted by Gasteiger charge is 2.61. The summed E-state index contributed by atoms with van der Waals surface area (Å²) in [5, 5.41) is 0. The number of amidine groups is 1. The van der Waals surface area contributed by atoms with Crippen LogP contribution in [0.15, 0.2) is 102 Å². The predicted molar refractivity (Wildman–Crippen MR) is 185 cm³/mol. The van der Waals surface area contributed by atoms with Crippen LogP contribution in [0.4, 0.5) is 15.9 Å². The predicted octanol–water partition coefficient (Wildman–Crippen LogP) is 7.29. The van der Waals surface area contributed by atoms with Crippen molar-refractivity contribution in [1.29, 1.82) is 0 Å². The van der Waals surface area contributed by atoms with Crippen LogP contribution in [0.5, 0.6) is 23.0 Å². The number of methoxy groups -OCH3 is 2. The molecule has 1 atom stereocenters. The fraction of sp³-hybridized carbons (Fsp3) is 0.158. The second kappa shape index (κ2) is 9.87. The second-order valence-electron chi connectivity index (χ2n) is 12.7. The van der Waals surface area contributed by atoms with Crippen LogP contribution in [-0.4, -0.2) is 54.6 Å². The molecule has 5 aliphatic heterocycles. The Kier molecular flexibility index (Phi) is 5.63. The van der Waals surface area contributed by atoms with Crippen molar-refractivity contribution in [3.8, 4) is 45.4 Å². The van der Waals surface area contributed by atoms with Gasteiger partial charge in [-0.2, -0.15) is 0 Å². The van der Waals surface area contributed by atoms with E-state index in [1.807, 2.05) is 48.5 Å². The first kappa shape index (κ1) is 27.4. The normalized spacial score (nSPS) is 19.4. The number of aromatic nitrogens is 1. The van der Waals surface area contributed by atoms with Gasteiger partial charge in [0, 0.05) is 41.7 Å². The Morgan fingerprint density at radius 1 is 0.750 bits per heavy atom. The third-order valence-electron chi connectivity index (χ3n) is 10.2. The van der Waals surface area contributed by atoms with Crippen molar-refractivity contribution in [3.05, 3.63) is 114 Å². The SMILES string of the molecule is COc1ccc(C2=CC3=[N+]4C2=Nc2c(-c5ccc(OC)cc5)cc5n2[B-]4(Oc2cc(F)ccc23)Oc2cc(N3CCCC3)ccc2-5)cc1. The molecule has 0 N–H and O–H groups in total. The fourth-order valence-electron chi connectivity index (χ4n) is 7.88. The summed E-state index contributed by atoms with van der Waals surface area (Å²) < 4.78 is 44.3. The number of aliphatic imine (C=N–C) groups is 1. The average Bonchev–Trinajstić information content (AvgIpc) is 3.88. The Bertz CT molecular complexity index is 2290. The van der Waals surface area contributed by atoms with Gasteiger partial charge in [-0.25, -0.2) is 4.39 Å². The lowest BCUT2D eigenvalue weighted by Crippen LogP contribution is -2.70. The number of halogens is 1. The Labute approximate surface area is 276 Å². The van der Waals surface area contributed by atoms with E-state index in [4.69, 9.17) is 23.8 Å². The highest BCUT2D eigenvalue weighted by atomic mass is 19.1. The lowest BCUT2D eigenvalue weighted by molar-refractivity contribution is -0.305. The Morgan fingerprint density at radius 2 is 1.42 bits per heavy atom. The molecule has 236 valence electrons. The molecule has 5 aromatic rings. The maximum absolute atomic E-state index is 14.9. The summed E-state index contributed by atoms with van der Waals surface area (Å²) in [7, 11) is 3.32. The van der Waals surface area contributed by atoms with E-state index in [1.165, 1.54) is 25.0 Å². The Morgan fingerprint density at radius 3 is 2.12 bits per heavy atom. The Hall–Kier alpha value is -5.77. The highest BCUT2D eigenvalue weighted by molar-refractivity contribution is 6.67. The van der Waals surface area contributed by atoms with Gasteiger partial charge in [0.1, 0.15) is 17.3 Å². The van der Waals surface area contributed by atoms with E-state index in [0.717, 1.165) is 80.8 Å². The topological polar surface area (TPSA) is 60.5 Å². The summed E-state index contributed by atoms with van der Waals surface area (Å²) in [5.41, 5.74) is 8.37. The zero-order valence-corrected chi connectivity index (χ0v) is 26.4. The maximum Gasteiger partial charge on any atom is 0.687 e. The van der Waals surface area contributed by atoms with Crippen molar-refractivity contribution < 1.29 is 27.7 Å². The minimum atomic E-state index is -2.53. The number of allylic oxidation sites excluding steroid dienone is 1. The molecule has 1 spiro atoms. The number of ether oxygens (including phenoxy) is 2. The van der Waals surface area contributed by atoms with E-state index in [2.05, 4.69) is 44.2 Å². The first-order chi connectivity index (χ1) is 23.5. The zero-order chi connectivity index (χ0) is 32.1. The van der Waals surface area contributed by atoms with Crippen molar-refractivity contribution >= 4 is 35.4 Å². The lowest BCUT2D eigenvalue weighted by atomic mass is 9.78. The summed E-state index contributed by atoms with van der Waals surface area (Å²) in [4.78, 5) is 7.82. The van der Waals surface area contributed by atoms with Crippen molar-refractivity contribution in [2.75, 3.05) is 32.2 Å². The van der Waals surface area contributed by atoms with Gasteiger partial charge in [-0.05, 0) is 95.7 Å². The van der Waals surface area contributed by atoms with Gasteiger partial charge in [0.25, 0.3) is 5.84 Å². The number of hydrogen-bond donors (Lipinski definition) is 0. The molecule has 8 nitrogen and oxygen atoms in total. The minimum absolute atomic E-state index is 0.378. The summed E-state index contributed by atoms with van der Waals surface area (Å²) >= 11 is 0. The van der Waals surface area contributed by atoms with Gasteiger partial charge < -0.3 is 32.6 Å². The van der Waals surface area contributed by atoms with Crippen LogP contribution in [0.3, 0.4) is 0 Å². The quantitative estimate of drug-likeness (QED) is 0.190.